The molecule has 0 bridgehead atoms. The maximum atomic E-state index is 9.90. The van der Waals surface area contributed by atoms with Crippen LogP contribution in [0.5, 0.6) is 5.75 Å². The number of anilines is 1. The Morgan fingerprint density at radius 3 is 2.35 bits per heavy atom. The SMILES string of the molecule is Oc1ccccc1N1CCN(Cc2ccncc2)CC1. The van der Waals surface area contributed by atoms with Gasteiger partial charge >= 0.3 is 0 Å². The molecular formula is C16H19N3O. The van der Waals surface area contributed by atoms with Gasteiger partial charge in [0, 0.05) is 45.1 Å². The number of aromatic hydroxyl groups is 1. The van der Waals surface area contributed by atoms with E-state index in [-0.39, 0.29) is 0 Å². The van der Waals surface area contributed by atoms with Crippen LogP contribution >= 0.6 is 0 Å². The zero-order valence-electron chi connectivity index (χ0n) is 11.4. The minimum atomic E-state index is 0.370. The van der Waals surface area contributed by atoms with Crippen molar-refractivity contribution in [3.63, 3.8) is 0 Å². The summed E-state index contributed by atoms with van der Waals surface area (Å²) in [5, 5.41) is 9.90. The molecule has 2 heterocycles. The van der Waals surface area contributed by atoms with Crippen molar-refractivity contribution in [1.82, 2.24) is 9.88 Å². The predicted octanol–water partition coefficient (Wildman–Crippen LogP) is 2.11. The molecule has 3 rings (SSSR count). The lowest BCUT2D eigenvalue weighted by atomic mass is 10.2. The van der Waals surface area contributed by atoms with Crippen molar-refractivity contribution in [2.24, 2.45) is 0 Å². The second-order valence-corrected chi connectivity index (χ2v) is 5.11. The number of para-hydroxylation sites is 2. The van der Waals surface area contributed by atoms with Gasteiger partial charge in [-0.1, -0.05) is 12.1 Å². The molecular weight excluding hydrogens is 250 g/mol. The molecule has 0 atom stereocenters. The molecule has 0 aliphatic carbocycles. The van der Waals surface area contributed by atoms with Gasteiger partial charge in [-0.25, -0.2) is 0 Å². The summed E-state index contributed by atoms with van der Waals surface area (Å²) in [5.74, 6) is 0.370. The van der Waals surface area contributed by atoms with E-state index >= 15 is 0 Å². The molecule has 0 saturated carbocycles. The van der Waals surface area contributed by atoms with E-state index in [0.717, 1.165) is 38.4 Å². The first-order valence-electron chi connectivity index (χ1n) is 6.97. The number of pyridine rings is 1. The Balaban J connectivity index is 1.59. The average molecular weight is 269 g/mol. The molecule has 2 aromatic rings. The number of hydrogen-bond donors (Lipinski definition) is 1. The second-order valence-electron chi connectivity index (χ2n) is 5.11. The molecule has 1 aromatic carbocycles. The minimum Gasteiger partial charge on any atom is -0.506 e. The minimum absolute atomic E-state index is 0.370. The van der Waals surface area contributed by atoms with E-state index in [4.69, 9.17) is 0 Å². The third-order valence-corrected chi connectivity index (χ3v) is 3.75. The molecule has 1 fully saturated rings. The molecule has 0 unspecified atom stereocenters. The Kier molecular flexibility index (Phi) is 3.83. The fraction of sp³-hybridized carbons (Fsp3) is 0.312. The topological polar surface area (TPSA) is 39.6 Å². The Bertz CT molecular complexity index is 551. The van der Waals surface area contributed by atoms with Gasteiger partial charge in [0.2, 0.25) is 0 Å². The number of aromatic nitrogens is 1. The van der Waals surface area contributed by atoms with Gasteiger partial charge in [0.1, 0.15) is 5.75 Å². The fourth-order valence-corrected chi connectivity index (χ4v) is 2.62. The number of nitrogens with zero attached hydrogens (tertiary/aromatic N) is 3. The largest absolute Gasteiger partial charge is 0.506 e. The van der Waals surface area contributed by atoms with Crippen molar-refractivity contribution in [3.05, 3.63) is 54.4 Å². The van der Waals surface area contributed by atoms with Gasteiger partial charge in [0.15, 0.2) is 0 Å². The van der Waals surface area contributed by atoms with Crippen molar-refractivity contribution >= 4 is 5.69 Å². The molecule has 20 heavy (non-hydrogen) atoms. The van der Waals surface area contributed by atoms with Gasteiger partial charge in [-0.15, -0.1) is 0 Å². The summed E-state index contributed by atoms with van der Waals surface area (Å²) in [6.45, 7) is 4.88. The molecule has 0 spiro atoms. The lowest BCUT2D eigenvalue weighted by Crippen LogP contribution is -2.45. The van der Waals surface area contributed by atoms with E-state index in [9.17, 15) is 5.11 Å². The van der Waals surface area contributed by atoms with Crippen LogP contribution in [0.4, 0.5) is 5.69 Å². The van der Waals surface area contributed by atoms with Gasteiger partial charge in [-0.3, -0.25) is 9.88 Å². The summed E-state index contributed by atoms with van der Waals surface area (Å²) in [5.41, 5.74) is 2.24. The lowest BCUT2D eigenvalue weighted by molar-refractivity contribution is 0.249. The highest BCUT2D eigenvalue weighted by molar-refractivity contribution is 5.57. The van der Waals surface area contributed by atoms with Crippen molar-refractivity contribution in [2.45, 2.75) is 6.54 Å². The number of rotatable bonds is 3. The summed E-state index contributed by atoms with van der Waals surface area (Å²) in [4.78, 5) is 8.73. The smallest absolute Gasteiger partial charge is 0.138 e. The molecule has 1 aliphatic rings. The van der Waals surface area contributed by atoms with Gasteiger partial charge in [-0.2, -0.15) is 0 Å². The molecule has 0 radical (unpaired) electrons. The maximum absolute atomic E-state index is 9.90. The summed E-state index contributed by atoms with van der Waals surface area (Å²) in [6.07, 6.45) is 3.68. The summed E-state index contributed by atoms with van der Waals surface area (Å²) >= 11 is 0. The van der Waals surface area contributed by atoms with Crippen molar-refractivity contribution in [2.75, 3.05) is 31.1 Å². The molecule has 1 saturated heterocycles. The van der Waals surface area contributed by atoms with Crippen molar-refractivity contribution in [1.29, 1.82) is 0 Å². The highest BCUT2D eigenvalue weighted by Crippen LogP contribution is 2.27. The molecule has 0 amide bonds. The standard InChI is InChI=1S/C16H19N3O/c20-16-4-2-1-3-15(16)19-11-9-18(10-12-19)13-14-5-7-17-8-6-14/h1-8,20H,9-13H2. The van der Waals surface area contributed by atoms with Crippen LogP contribution in [-0.4, -0.2) is 41.2 Å². The number of benzene rings is 1. The van der Waals surface area contributed by atoms with Crippen molar-refractivity contribution < 1.29 is 5.11 Å². The van der Waals surface area contributed by atoms with Crippen LogP contribution in [0.2, 0.25) is 0 Å². The molecule has 4 heteroatoms. The third-order valence-electron chi connectivity index (χ3n) is 3.75. The first kappa shape index (κ1) is 12.9. The Labute approximate surface area is 119 Å². The quantitative estimate of drug-likeness (QED) is 0.926. The van der Waals surface area contributed by atoms with Gasteiger partial charge < -0.3 is 10.0 Å². The zero-order valence-corrected chi connectivity index (χ0v) is 11.4. The molecule has 1 N–H and O–H groups in total. The van der Waals surface area contributed by atoms with Gasteiger partial charge in [-0.05, 0) is 29.8 Å². The van der Waals surface area contributed by atoms with Crippen LogP contribution in [0, 0.1) is 0 Å². The predicted molar refractivity (Wildman–Crippen MR) is 79.8 cm³/mol. The van der Waals surface area contributed by atoms with E-state index in [1.54, 1.807) is 6.07 Å². The molecule has 4 nitrogen and oxygen atoms in total. The summed E-state index contributed by atoms with van der Waals surface area (Å²) in [7, 11) is 0. The van der Waals surface area contributed by atoms with Crippen LogP contribution in [0.1, 0.15) is 5.56 Å². The van der Waals surface area contributed by atoms with Gasteiger partial charge in [0.05, 0.1) is 5.69 Å². The van der Waals surface area contributed by atoms with Crippen LogP contribution in [0.25, 0.3) is 0 Å². The first-order valence-corrected chi connectivity index (χ1v) is 6.97. The summed E-state index contributed by atoms with van der Waals surface area (Å²) < 4.78 is 0. The second kappa shape index (κ2) is 5.92. The highest BCUT2D eigenvalue weighted by atomic mass is 16.3. The number of phenolic OH excluding ortho intramolecular Hbond substituents is 1. The third kappa shape index (κ3) is 2.91. The van der Waals surface area contributed by atoms with Crippen molar-refractivity contribution in [3.8, 4) is 5.75 Å². The zero-order chi connectivity index (χ0) is 13.8. The first-order chi connectivity index (χ1) is 9.83. The molecule has 1 aliphatic heterocycles. The highest BCUT2D eigenvalue weighted by Gasteiger charge is 2.18. The normalized spacial score (nSPS) is 16.3. The van der Waals surface area contributed by atoms with E-state index in [1.165, 1.54) is 5.56 Å². The van der Waals surface area contributed by atoms with Gasteiger partial charge in [0.25, 0.3) is 0 Å². The monoisotopic (exact) mass is 269 g/mol. The Hall–Kier alpha value is -2.07. The van der Waals surface area contributed by atoms with Crippen LogP contribution in [0.3, 0.4) is 0 Å². The van der Waals surface area contributed by atoms with Crippen LogP contribution < -0.4 is 4.90 Å². The van der Waals surface area contributed by atoms with E-state index in [2.05, 4.69) is 26.9 Å². The van der Waals surface area contributed by atoms with Crippen LogP contribution in [-0.2, 0) is 6.54 Å². The lowest BCUT2D eigenvalue weighted by Gasteiger charge is -2.36. The number of hydrogen-bond acceptors (Lipinski definition) is 4. The number of phenols is 1. The molecule has 104 valence electrons. The molecule has 1 aromatic heterocycles. The Morgan fingerprint density at radius 1 is 0.950 bits per heavy atom. The summed E-state index contributed by atoms with van der Waals surface area (Å²) in [6, 6.07) is 11.7. The maximum Gasteiger partial charge on any atom is 0.138 e. The number of piperazine rings is 1. The average Bonchev–Trinajstić information content (AvgIpc) is 2.50. The van der Waals surface area contributed by atoms with E-state index < -0.39 is 0 Å². The fourth-order valence-electron chi connectivity index (χ4n) is 2.62. The Morgan fingerprint density at radius 2 is 1.65 bits per heavy atom. The van der Waals surface area contributed by atoms with E-state index in [0.29, 0.717) is 5.75 Å². The van der Waals surface area contributed by atoms with E-state index in [1.807, 2.05) is 30.6 Å². The van der Waals surface area contributed by atoms with Crippen LogP contribution in [0.15, 0.2) is 48.8 Å².